The molecule has 0 aromatic rings. The quantitative estimate of drug-likeness (QED) is 0.330. The Hall–Kier alpha value is 0.907. The molecule has 0 bridgehead atoms. The summed E-state index contributed by atoms with van der Waals surface area (Å²) in [5.41, 5.74) is 0.620. The molecule has 0 radical (unpaired) electrons. The molecular weight excluding hydrogens is 279 g/mol. The highest BCUT2D eigenvalue weighted by Crippen LogP contribution is 2.46. The molecule has 72 valence electrons. The van der Waals surface area contributed by atoms with Gasteiger partial charge in [0.1, 0.15) is 0 Å². The molecule has 0 saturated carbocycles. The fraction of sp³-hybridized carbons (Fsp3) is 1.00. The van der Waals surface area contributed by atoms with Gasteiger partial charge in [-0.25, -0.2) is 0 Å². The van der Waals surface area contributed by atoms with Gasteiger partial charge in [-0.2, -0.15) is 0 Å². The Morgan fingerprint density at radius 1 is 1.33 bits per heavy atom. The van der Waals surface area contributed by atoms with Crippen LogP contribution in [0.5, 0.6) is 0 Å². The van der Waals surface area contributed by atoms with Crippen LogP contribution in [-0.4, -0.2) is 24.3 Å². The molecule has 0 unspecified atom stereocenters. The zero-order valence-corrected chi connectivity index (χ0v) is 11.8. The zero-order valence-electron chi connectivity index (χ0n) is 8.65. The lowest BCUT2D eigenvalue weighted by Gasteiger charge is -2.35. The predicted octanol–water partition coefficient (Wildman–Crippen LogP) is 3.24. The van der Waals surface area contributed by atoms with E-state index in [1.54, 1.807) is 0 Å². The van der Waals surface area contributed by atoms with Gasteiger partial charge in [-0.3, -0.25) is 0 Å². The van der Waals surface area contributed by atoms with Gasteiger partial charge < -0.3 is 4.74 Å². The van der Waals surface area contributed by atoms with Crippen LogP contribution in [0.1, 0.15) is 20.8 Å². The second-order valence-electron chi connectivity index (χ2n) is 5.22. The van der Waals surface area contributed by atoms with E-state index in [1.165, 1.54) is 0 Å². The Labute approximate surface area is 90.4 Å². The molecule has 1 nitrogen and oxygen atoms in total. The van der Waals surface area contributed by atoms with Crippen molar-refractivity contribution in [1.29, 1.82) is 0 Å². The first-order chi connectivity index (χ1) is 5.30. The van der Waals surface area contributed by atoms with E-state index in [9.17, 15) is 0 Å². The molecule has 1 heterocycles. The van der Waals surface area contributed by atoms with Crippen LogP contribution < -0.4 is 0 Å². The van der Waals surface area contributed by atoms with E-state index in [0.717, 1.165) is 4.43 Å². The van der Waals surface area contributed by atoms with E-state index in [0.29, 0.717) is 16.9 Å². The number of epoxide rings is 1. The smallest absolute Gasteiger partial charge is 0.0903 e. The summed E-state index contributed by atoms with van der Waals surface area (Å²) in [6, 6.07) is 0. The number of hydrogen-bond donors (Lipinski definition) is 0. The minimum Gasteiger partial charge on any atom is -0.373 e. The lowest BCUT2D eigenvalue weighted by molar-refractivity contribution is 0.407. The first kappa shape index (κ1) is 11.0. The SMILES string of the molecule is CC(C)(C)[Si](C)(C)[C@@H]1O[C@H]1CI. The third kappa shape index (κ3) is 1.87. The molecule has 12 heavy (non-hydrogen) atoms. The first-order valence-electron chi connectivity index (χ1n) is 4.52. The molecule has 1 fully saturated rings. The summed E-state index contributed by atoms with van der Waals surface area (Å²) < 4.78 is 6.87. The second kappa shape index (κ2) is 3.24. The van der Waals surface area contributed by atoms with Gasteiger partial charge in [-0.15, -0.1) is 0 Å². The molecule has 1 aliphatic heterocycles. The molecule has 0 N–H and O–H groups in total. The van der Waals surface area contributed by atoms with Crippen molar-refractivity contribution in [2.24, 2.45) is 0 Å². The fourth-order valence-electron chi connectivity index (χ4n) is 1.32. The molecule has 2 atom stereocenters. The summed E-state index contributed by atoms with van der Waals surface area (Å²) in [7, 11) is -1.18. The highest BCUT2D eigenvalue weighted by Gasteiger charge is 2.55. The minimum atomic E-state index is -1.18. The molecule has 0 spiro atoms. The van der Waals surface area contributed by atoms with Gasteiger partial charge >= 0.3 is 0 Å². The van der Waals surface area contributed by atoms with Crippen LogP contribution >= 0.6 is 22.6 Å². The Bertz CT molecular complexity index is 174. The van der Waals surface area contributed by atoms with Crippen molar-refractivity contribution in [2.45, 2.75) is 50.7 Å². The van der Waals surface area contributed by atoms with Crippen molar-refractivity contribution < 1.29 is 4.74 Å². The van der Waals surface area contributed by atoms with Gasteiger partial charge in [0.2, 0.25) is 0 Å². The van der Waals surface area contributed by atoms with E-state index in [4.69, 9.17) is 4.74 Å². The Morgan fingerprint density at radius 2 is 1.83 bits per heavy atom. The number of halogens is 1. The third-order valence-corrected chi connectivity index (χ3v) is 10.0. The largest absolute Gasteiger partial charge is 0.373 e. The maximum atomic E-state index is 5.71. The lowest BCUT2D eigenvalue weighted by Crippen LogP contribution is -2.44. The Kier molecular flexibility index (Phi) is 2.97. The molecule has 3 heteroatoms. The zero-order chi connectivity index (χ0) is 9.57. The van der Waals surface area contributed by atoms with Crippen molar-refractivity contribution in [2.75, 3.05) is 4.43 Å². The Balaban J connectivity index is 2.62. The molecule has 0 aromatic carbocycles. The normalized spacial score (nSPS) is 30.5. The highest BCUT2D eigenvalue weighted by molar-refractivity contribution is 14.1. The minimum absolute atomic E-state index is 0.470. The molecule has 1 rings (SSSR count). The fourth-order valence-corrected chi connectivity index (χ4v) is 4.89. The topological polar surface area (TPSA) is 12.5 Å². The van der Waals surface area contributed by atoms with Crippen LogP contribution in [0.3, 0.4) is 0 Å². The third-order valence-electron chi connectivity index (χ3n) is 3.38. The number of hydrogen-bond acceptors (Lipinski definition) is 1. The van der Waals surface area contributed by atoms with E-state index >= 15 is 0 Å². The Morgan fingerprint density at radius 3 is 2.08 bits per heavy atom. The monoisotopic (exact) mass is 298 g/mol. The van der Waals surface area contributed by atoms with Crippen molar-refractivity contribution in [3.8, 4) is 0 Å². The predicted molar refractivity (Wildman–Crippen MR) is 64.7 cm³/mol. The maximum absolute atomic E-state index is 5.71. The summed E-state index contributed by atoms with van der Waals surface area (Å²) >= 11 is 2.42. The van der Waals surface area contributed by atoms with E-state index in [1.807, 2.05) is 0 Å². The summed E-state index contributed by atoms with van der Waals surface area (Å²) in [5.74, 6) is 0. The first-order valence-corrected chi connectivity index (χ1v) is 9.12. The summed E-state index contributed by atoms with van der Waals surface area (Å²) in [5, 5.41) is 0.470. The van der Waals surface area contributed by atoms with Gasteiger partial charge in [0.25, 0.3) is 0 Å². The molecule has 0 aliphatic carbocycles. The molecule has 1 aliphatic rings. The number of ether oxygens (including phenoxy) is 1. The van der Waals surface area contributed by atoms with Crippen molar-refractivity contribution in [3.63, 3.8) is 0 Å². The average Bonchev–Trinajstić information content (AvgIpc) is 2.62. The molecule has 0 aromatic heterocycles. The lowest BCUT2D eigenvalue weighted by atomic mass is 10.2. The van der Waals surface area contributed by atoms with E-state index in [2.05, 4.69) is 56.5 Å². The second-order valence-corrected chi connectivity index (χ2v) is 11.6. The van der Waals surface area contributed by atoms with Crippen molar-refractivity contribution in [3.05, 3.63) is 0 Å². The van der Waals surface area contributed by atoms with E-state index < -0.39 is 8.07 Å². The van der Waals surface area contributed by atoms with Crippen LogP contribution in [0.15, 0.2) is 0 Å². The van der Waals surface area contributed by atoms with Gasteiger partial charge in [0.15, 0.2) is 0 Å². The molecule has 1 saturated heterocycles. The summed E-state index contributed by atoms with van der Waals surface area (Å²) in [6.45, 7) is 12.0. The van der Waals surface area contributed by atoms with Gasteiger partial charge in [0.05, 0.1) is 19.9 Å². The molecule has 0 amide bonds. The summed E-state index contributed by atoms with van der Waals surface area (Å²) in [4.78, 5) is 0. The van der Waals surface area contributed by atoms with Crippen molar-refractivity contribution in [1.82, 2.24) is 0 Å². The van der Waals surface area contributed by atoms with Crippen LogP contribution in [0.25, 0.3) is 0 Å². The summed E-state index contributed by atoms with van der Waals surface area (Å²) in [6.07, 6.45) is 0.575. The number of rotatable bonds is 2. The molecular formula is C9H19IOSi. The van der Waals surface area contributed by atoms with Crippen LogP contribution in [0.4, 0.5) is 0 Å². The van der Waals surface area contributed by atoms with Crippen LogP contribution in [-0.2, 0) is 4.74 Å². The van der Waals surface area contributed by atoms with Gasteiger partial charge in [-0.1, -0.05) is 56.5 Å². The van der Waals surface area contributed by atoms with Gasteiger partial charge in [0, 0.05) is 4.43 Å². The average molecular weight is 298 g/mol. The highest BCUT2D eigenvalue weighted by atomic mass is 127. The van der Waals surface area contributed by atoms with E-state index in [-0.39, 0.29) is 0 Å². The van der Waals surface area contributed by atoms with Crippen molar-refractivity contribution >= 4 is 30.7 Å². The maximum Gasteiger partial charge on any atom is 0.0903 e. The van der Waals surface area contributed by atoms with Gasteiger partial charge in [-0.05, 0) is 5.04 Å². The van der Waals surface area contributed by atoms with Crippen LogP contribution in [0.2, 0.25) is 18.1 Å². The number of alkyl halides is 1. The standard InChI is InChI=1S/C9H19IOSi/c1-9(2,3)12(4,5)8-7(6-10)11-8/h7-8H,6H2,1-5H3/t7-,8-/m0/s1. The van der Waals surface area contributed by atoms with Crippen LogP contribution in [0, 0.1) is 0 Å².